The maximum Gasteiger partial charge on any atom is 0.338 e. The Morgan fingerprint density at radius 3 is 2.43 bits per heavy atom. The molecule has 1 aromatic heterocycles. The molecular formula is C21H21N3O6. The van der Waals surface area contributed by atoms with Crippen molar-refractivity contribution in [3.63, 3.8) is 0 Å². The number of hydrogen-bond donors (Lipinski definition) is 3. The second kappa shape index (κ2) is 8.64. The van der Waals surface area contributed by atoms with Crippen LogP contribution in [0.1, 0.15) is 41.3 Å². The van der Waals surface area contributed by atoms with Gasteiger partial charge in [0.2, 0.25) is 0 Å². The third-order valence-electron chi connectivity index (χ3n) is 4.58. The Balaban J connectivity index is 2.15. The number of aromatic nitrogens is 2. The molecule has 1 aromatic carbocycles. The fraction of sp³-hybridized carbons (Fsp3) is 0.238. The number of rotatable bonds is 6. The van der Waals surface area contributed by atoms with Crippen LogP contribution in [0.3, 0.4) is 0 Å². The Hall–Kier alpha value is -3.88. The van der Waals surface area contributed by atoms with Crippen LogP contribution in [0.4, 0.5) is 5.82 Å². The van der Waals surface area contributed by atoms with Gasteiger partial charge in [-0.05, 0) is 31.5 Å². The number of esters is 2. The van der Waals surface area contributed by atoms with Gasteiger partial charge in [0.1, 0.15) is 12.4 Å². The highest BCUT2D eigenvalue weighted by atomic mass is 16.5. The average molecular weight is 411 g/mol. The molecule has 30 heavy (non-hydrogen) atoms. The molecule has 3 N–H and O–H groups in total. The fourth-order valence-electron chi connectivity index (χ4n) is 3.33. The Kier molecular flexibility index (Phi) is 6.01. The maximum absolute atomic E-state index is 12.8. The number of aromatic amines is 2. The van der Waals surface area contributed by atoms with E-state index in [1.807, 2.05) is 0 Å². The van der Waals surface area contributed by atoms with Crippen LogP contribution in [0.25, 0.3) is 0 Å². The van der Waals surface area contributed by atoms with E-state index in [2.05, 4.69) is 21.9 Å². The molecule has 0 spiro atoms. The monoisotopic (exact) mass is 411 g/mol. The minimum absolute atomic E-state index is 0.00103. The van der Waals surface area contributed by atoms with Crippen LogP contribution in [-0.4, -0.2) is 35.1 Å². The van der Waals surface area contributed by atoms with Crippen molar-refractivity contribution in [1.29, 1.82) is 0 Å². The first-order valence-electron chi connectivity index (χ1n) is 9.26. The SMILES string of the molecule is C=CCOC(=O)C1=C(C)Nc2[nH]c(=O)[nH]c(=O)c2C1c1ccc(C(=O)OCC)cc1. The van der Waals surface area contributed by atoms with E-state index < -0.39 is 29.1 Å². The first-order chi connectivity index (χ1) is 14.4. The lowest BCUT2D eigenvalue weighted by atomic mass is 9.82. The molecule has 0 bridgehead atoms. The van der Waals surface area contributed by atoms with Crippen LogP contribution in [0, 0.1) is 0 Å². The van der Waals surface area contributed by atoms with Gasteiger partial charge in [-0.1, -0.05) is 24.8 Å². The van der Waals surface area contributed by atoms with Crippen molar-refractivity contribution in [2.75, 3.05) is 18.5 Å². The number of hydrogen-bond acceptors (Lipinski definition) is 7. The average Bonchev–Trinajstić information content (AvgIpc) is 2.71. The summed E-state index contributed by atoms with van der Waals surface area (Å²) in [6.07, 6.45) is 1.44. The third-order valence-corrected chi connectivity index (χ3v) is 4.58. The number of benzene rings is 1. The third kappa shape index (κ3) is 3.95. The van der Waals surface area contributed by atoms with Crippen LogP contribution < -0.4 is 16.6 Å². The van der Waals surface area contributed by atoms with Gasteiger partial charge in [-0.25, -0.2) is 14.4 Å². The summed E-state index contributed by atoms with van der Waals surface area (Å²) in [6.45, 7) is 7.12. The van der Waals surface area contributed by atoms with Gasteiger partial charge in [-0.15, -0.1) is 0 Å². The molecule has 1 atom stereocenters. The van der Waals surface area contributed by atoms with Crippen molar-refractivity contribution < 1.29 is 19.1 Å². The standard InChI is InChI=1S/C21H21N3O6/c1-4-10-30-20(27)14-11(3)22-17-16(18(25)24-21(28)23-17)15(14)12-6-8-13(9-7-12)19(26)29-5-2/h4,6-9,15H,1,5,10H2,2-3H3,(H3,22,23,24,25,28). The molecule has 2 heterocycles. The van der Waals surface area contributed by atoms with Crippen molar-refractivity contribution in [2.24, 2.45) is 0 Å². The van der Waals surface area contributed by atoms with E-state index in [1.165, 1.54) is 6.08 Å². The summed E-state index contributed by atoms with van der Waals surface area (Å²) in [7, 11) is 0. The first-order valence-corrected chi connectivity index (χ1v) is 9.26. The number of carbonyl (C=O) groups is 2. The Bertz CT molecular complexity index is 1140. The molecular weight excluding hydrogens is 390 g/mol. The number of carbonyl (C=O) groups excluding carboxylic acids is 2. The van der Waals surface area contributed by atoms with Gasteiger partial charge in [0.15, 0.2) is 0 Å². The van der Waals surface area contributed by atoms with Crippen LogP contribution in [0.5, 0.6) is 0 Å². The summed E-state index contributed by atoms with van der Waals surface area (Å²) in [4.78, 5) is 53.8. The van der Waals surface area contributed by atoms with E-state index in [1.54, 1.807) is 38.1 Å². The van der Waals surface area contributed by atoms with Crippen molar-refractivity contribution in [2.45, 2.75) is 19.8 Å². The van der Waals surface area contributed by atoms with E-state index in [0.29, 0.717) is 16.8 Å². The van der Waals surface area contributed by atoms with Crippen molar-refractivity contribution >= 4 is 17.8 Å². The number of allylic oxidation sites excluding steroid dienone is 1. The van der Waals surface area contributed by atoms with Gasteiger partial charge >= 0.3 is 17.6 Å². The Morgan fingerprint density at radius 2 is 1.80 bits per heavy atom. The highest BCUT2D eigenvalue weighted by molar-refractivity contribution is 5.94. The predicted octanol–water partition coefficient (Wildman–Crippen LogP) is 1.80. The quantitative estimate of drug-likeness (QED) is 0.488. The molecule has 156 valence electrons. The number of anilines is 1. The molecule has 0 aliphatic carbocycles. The largest absolute Gasteiger partial charge is 0.462 e. The molecule has 0 fully saturated rings. The Morgan fingerprint density at radius 1 is 1.10 bits per heavy atom. The lowest BCUT2D eigenvalue weighted by Gasteiger charge is -2.28. The van der Waals surface area contributed by atoms with E-state index in [0.717, 1.165) is 0 Å². The van der Waals surface area contributed by atoms with Crippen molar-refractivity contribution in [3.05, 3.63) is 85.7 Å². The summed E-state index contributed by atoms with van der Waals surface area (Å²) in [5, 5.41) is 2.90. The molecule has 2 aromatic rings. The molecule has 0 saturated carbocycles. The second-order valence-corrected chi connectivity index (χ2v) is 6.52. The van der Waals surface area contributed by atoms with E-state index in [-0.39, 0.29) is 30.2 Å². The zero-order valence-electron chi connectivity index (χ0n) is 16.5. The lowest BCUT2D eigenvalue weighted by molar-refractivity contribution is -0.138. The minimum atomic E-state index is -0.824. The fourth-order valence-corrected chi connectivity index (χ4v) is 3.33. The molecule has 0 radical (unpaired) electrons. The normalized spacial score (nSPS) is 15.1. The van der Waals surface area contributed by atoms with E-state index in [4.69, 9.17) is 9.47 Å². The summed E-state index contributed by atoms with van der Waals surface area (Å²) in [6, 6.07) is 6.36. The van der Waals surface area contributed by atoms with Gasteiger partial charge in [0.25, 0.3) is 5.56 Å². The van der Waals surface area contributed by atoms with Crippen LogP contribution in [0.15, 0.2) is 57.8 Å². The number of ether oxygens (including phenoxy) is 2. The summed E-state index contributed by atoms with van der Waals surface area (Å²) < 4.78 is 10.2. The molecule has 9 heteroatoms. The number of fused-ring (bicyclic) bond motifs is 1. The molecule has 9 nitrogen and oxygen atoms in total. The van der Waals surface area contributed by atoms with E-state index in [9.17, 15) is 19.2 Å². The molecule has 1 unspecified atom stereocenters. The van der Waals surface area contributed by atoms with Gasteiger partial charge in [-0.3, -0.25) is 14.8 Å². The second-order valence-electron chi connectivity index (χ2n) is 6.52. The maximum atomic E-state index is 12.8. The smallest absolute Gasteiger partial charge is 0.338 e. The molecule has 1 aliphatic rings. The Labute approximate surface area is 171 Å². The topological polar surface area (TPSA) is 130 Å². The highest BCUT2D eigenvalue weighted by Gasteiger charge is 2.36. The van der Waals surface area contributed by atoms with Crippen LogP contribution >= 0.6 is 0 Å². The van der Waals surface area contributed by atoms with Gasteiger partial charge in [0, 0.05) is 5.70 Å². The van der Waals surface area contributed by atoms with Gasteiger partial charge in [0.05, 0.1) is 29.2 Å². The van der Waals surface area contributed by atoms with Gasteiger partial charge < -0.3 is 14.8 Å². The van der Waals surface area contributed by atoms with Crippen LogP contribution in [-0.2, 0) is 14.3 Å². The molecule has 0 saturated heterocycles. The summed E-state index contributed by atoms with van der Waals surface area (Å²) >= 11 is 0. The zero-order chi connectivity index (χ0) is 21.8. The molecule has 3 rings (SSSR count). The van der Waals surface area contributed by atoms with Crippen LogP contribution in [0.2, 0.25) is 0 Å². The lowest BCUT2D eigenvalue weighted by Crippen LogP contribution is -2.35. The van der Waals surface area contributed by atoms with E-state index >= 15 is 0 Å². The summed E-state index contributed by atoms with van der Waals surface area (Å²) in [5.41, 5.74) is 0.392. The first kappa shape index (κ1) is 20.8. The number of H-pyrrole nitrogens is 2. The molecule has 0 amide bonds. The predicted molar refractivity (Wildman–Crippen MR) is 109 cm³/mol. The highest BCUT2D eigenvalue weighted by Crippen LogP contribution is 2.39. The summed E-state index contributed by atoms with van der Waals surface area (Å²) in [5.74, 6) is -1.73. The minimum Gasteiger partial charge on any atom is -0.462 e. The zero-order valence-corrected chi connectivity index (χ0v) is 16.5. The van der Waals surface area contributed by atoms with Crippen molar-refractivity contribution in [1.82, 2.24) is 9.97 Å². The number of nitrogens with one attached hydrogen (secondary N) is 3. The van der Waals surface area contributed by atoms with Crippen molar-refractivity contribution in [3.8, 4) is 0 Å². The molecule has 1 aliphatic heterocycles. The van der Waals surface area contributed by atoms with Gasteiger partial charge in [-0.2, -0.15) is 0 Å².